The van der Waals surface area contributed by atoms with Crippen LogP contribution in [-0.4, -0.2) is 54.1 Å². The van der Waals surface area contributed by atoms with Crippen molar-refractivity contribution in [2.75, 3.05) is 27.2 Å². The molecule has 0 unspecified atom stereocenters. The highest BCUT2D eigenvalue weighted by Crippen LogP contribution is 2.26. The quantitative estimate of drug-likeness (QED) is 0.747. The van der Waals surface area contributed by atoms with Crippen molar-refractivity contribution in [3.8, 4) is 5.75 Å². The van der Waals surface area contributed by atoms with Crippen molar-refractivity contribution in [3.63, 3.8) is 0 Å². The summed E-state index contributed by atoms with van der Waals surface area (Å²) in [4.78, 5) is 16.6. The molecule has 3 rings (SSSR count). The number of carbonyl (C=O) groups is 1. The topological polar surface area (TPSA) is 58.8 Å². The summed E-state index contributed by atoms with van der Waals surface area (Å²) < 4.78 is 23.7. The van der Waals surface area contributed by atoms with E-state index in [1.807, 2.05) is 0 Å². The van der Waals surface area contributed by atoms with Crippen molar-refractivity contribution in [2.24, 2.45) is 0 Å². The number of ether oxygens (including phenoxy) is 1. The molecular formula is C19H23ClFN3O3. The van der Waals surface area contributed by atoms with E-state index in [2.05, 4.69) is 17.1 Å². The Morgan fingerprint density at radius 3 is 3.00 bits per heavy atom. The van der Waals surface area contributed by atoms with Gasteiger partial charge in [-0.05, 0) is 44.6 Å². The minimum Gasteiger partial charge on any atom is -0.484 e. The SMILES string of the molecule is CN(C[C@@H]1CCCCN1C)C(=O)c1cc(COc2ccc(F)cc2Cl)on1. The molecule has 27 heavy (non-hydrogen) atoms. The number of rotatable bonds is 6. The summed E-state index contributed by atoms with van der Waals surface area (Å²) in [6, 6.07) is 5.79. The van der Waals surface area contributed by atoms with Gasteiger partial charge in [-0.25, -0.2) is 4.39 Å². The molecule has 146 valence electrons. The largest absolute Gasteiger partial charge is 0.484 e. The van der Waals surface area contributed by atoms with Crippen molar-refractivity contribution in [1.29, 1.82) is 0 Å². The van der Waals surface area contributed by atoms with Gasteiger partial charge in [0.05, 0.1) is 5.02 Å². The number of benzene rings is 1. The minimum absolute atomic E-state index is 0.0424. The van der Waals surface area contributed by atoms with Crippen LogP contribution in [0.2, 0.25) is 5.02 Å². The van der Waals surface area contributed by atoms with Crippen LogP contribution in [0.4, 0.5) is 4.39 Å². The third-order valence-electron chi connectivity index (χ3n) is 4.79. The molecule has 1 amide bonds. The molecule has 1 aliphatic heterocycles. The van der Waals surface area contributed by atoms with Crippen LogP contribution in [0.5, 0.6) is 5.75 Å². The van der Waals surface area contributed by atoms with E-state index in [4.69, 9.17) is 20.9 Å². The van der Waals surface area contributed by atoms with Gasteiger partial charge in [0, 0.05) is 25.7 Å². The Kier molecular flexibility index (Phi) is 6.34. The molecule has 0 saturated carbocycles. The Hall–Kier alpha value is -2.12. The van der Waals surface area contributed by atoms with Gasteiger partial charge in [0.15, 0.2) is 11.5 Å². The molecule has 8 heteroatoms. The smallest absolute Gasteiger partial charge is 0.275 e. The van der Waals surface area contributed by atoms with E-state index in [1.54, 1.807) is 18.0 Å². The van der Waals surface area contributed by atoms with E-state index in [-0.39, 0.29) is 23.2 Å². The summed E-state index contributed by atoms with van der Waals surface area (Å²) in [5.74, 6) is 0.0945. The molecule has 0 aliphatic carbocycles. The normalized spacial score (nSPS) is 17.7. The molecule has 1 aliphatic rings. The van der Waals surface area contributed by atoms with Gasteiger partial charge >= 0.3 is 0 Å². The highest BCUT2D eigenvalue weighted by molar-refractivity contribution is 6.32. The van der Waals surface area contributed by atoms with E-state index in [9.17, 15) is 9.18 Å². The van der Waals surface area contributed by atoms with Crippen molar-refractivity contribution in [2.45, 2.75) is 31.9 Å². The second kappa shape index (κ2) is 8.71. The molecule has 2 heterocycles. The third-order valence-corrected chi connectivity index (χ3v) is 5.09. The fraction of sp³-hybridized carbons (Fsp3) is 0.474. The number of hydrogen-bond donors (Lipinski definition) is 0. The highest BCUT2D eigenvalue weighted by Gasteiger charge is 2.24. The van der Waals surface area contributed by atoms with Crippen LogP contribution in [0.15, 0.2) is 28.8 Å². The molecule has 1 aromatic heterocycles. The molecule has 0 spiro atoms. The van der Waals surface area contributed by atoms with Crippen LogP contribution in [0, 0.1) is 5.82 Å². The van der Waals surface area contributed by atoms with Crippen LogP contribution >= 0.6 is 11.6 Å². The average molecular weight is 396 g/mol. The number of hydrogen-bond acceptors (Lipinski definition) is 5. The van der Waals surface area contributed by atoms with Gasteiger partial charge in [-0.3, -0.25) is 4.79 Å². The first-order valence-corrected chi connectivity index (χ1v) is 9.31. The summed E-state index contributed by atoms with van der Waals surface area (Å²) in [6.07, 6.45) is 3.48. The minimum atomic E-state index is -0.438. The zero-order valence-electron chi connectivity index (χ0n) is 15.5. The van der Waals surface area contributed by atoms with E-state index in [0.29, 0.717) is 24.1 Å². The Bertz CT molecular complexity index is 798. The van der Waals surface area contributed by atoms with Crippen molar-refractivity contribution in [1.82, 2.24) is 15.0 Å². The molecule has 0 N–H and O–H groups in total. The number of likely N-dealkylation sites (N-methyl/N-ethyl adjacent to an activating group) is 2. The van der Waals surface area contributed by atoms with Gasteiger partial charge in [0.25, 0.3) is 5.91 Å². The number of halogens is 2. The summed E-state index contributed by atoms with van der Waals surface area (Å²) in [5.41, 5.74) is 0.236. The molecule has 2 aromatic rings. The van der Waals surface area contributed by atoms with Crippen molar-refractivity contribution in [3.05, 3.63) is 46.6 Å². The fourth-order valence-electron chi connectivity index (χ4n) is 3.19. The average Bonchev–Trinajstić information content (AvgIpc) is 3.11. The fourth-order valence-corrected chi connectivity index (χ4v) is 3.41. The number of aromatic nitrogens is 1. The van der Waals surface area contributed by atoms with Gasteiger partial charge in [0.2, 0.25) is 0 Å². The number of likely N-dealkylation sites (tertiary alicyclic amines) is 1. The zero-order valence-corrected chi connectivity index (χ0v) is 16.2. The van der Waals surface area contributed by atoms with E-state index >= 15 is 0 Å². The van der Waals surface area contributed by atoms with Gasteiger partial charge in [-0.1, -0.05) is 23.2 Å². The lowest BCUT2D eigenvalue weighted by Gasteiger charge is -2.34. The van der Waals surface area contributed by atoms with Crippen LogP contribution < -0.4 is 4.74 Å². The summed E-state index contributed by atoms with van der Waals surface area (Å²) in [6.45, 7) is 1.75. The molecule has 6 nitrogen and oxygen atoms in total. The first-order chi connectivity index (χ1) is 12.9. The molecule has 1 saturated heterocycles. The lowest BCUT2D eigenvalue weighted by Crippen LogP contribution is -2.45. The Morgan fingerprint density at radius 2 is 2.26 bits per heavy atom. The second-order valence-corrected chi connectivity index (χ2v) is 7.26. The maximum atomic E-state index is 13.1. The zero-order chi connectivity index (χ0) is 19.4. The monoisotopic (exact) mass is 395 g/mol. The maximum absolute atomic E-state index is 13.1. The van der Waals surface area contributed by atoms with E-state index < -0.39 is 5.82 Å². The van der Waals surface area contributed by atoms with Gasteiger partial charge in [-0.2, -0.15) is 0 Å². The summed E-state index contributed by atoms with van der Waals surface area (Å²) in [5, 5.41) is 4.01. The van der Waals surface area contributed by atoms with Gasteiger partial charge in [0.1, 0.15) is 18.2 Å². The van der Waals surface area contributed by atoms with Gasteiger partial charge < -0.3 is 19.1 Å². The second-order valence-electron chi connectivity index (χ2n) is 6.86. The Labute approximate surface area is 162 Å². The summed E-state index contributed by atoms with van der Waals surface area (Å²) in [7, 11) is 3.86. The lowest BCUT2D eigenvalue weighted by atomic mass is 10.0. The predicted octanol–water partition coefficient (Wildman–Crippen LogP) is 3.60. The number of nitrogens with zero attached hydrogens (tertiary/aromatic N) is 3. The number of piperidine rings is 1. The highest BCUT2D eigenvalue weighted by atomic mass is 35.5. The van der Waals surface area contributed by atoms with E-state index in [1.165, 1.54) is 31.0 Å². The lowest BCUT2D eigenvalue weighted by molar-refractivity contribution is 0.0707. The van der Waals surface area contributed by atoms with Crippen LogP contribution in [0.25, 0.3) is 0 Å². The Morgan fingerprint density at radius 1 is 1.44 bits per heavy atom. The van der Waals surface area contributed by atoms with Crippen molar-refractivity contribution < 1.29 is 18.4 Å². The van der Waals surface area contributed by atoms with Crippen molar-refractivity contribution >= 4 is 17.5 Å². The maximum Gasteiger partial charge on any atom is 0.275 e. The standard InChI is InChI=1S/C19H23ClFN3O3/c1-23-8-4-3-5-14(23)11-24(2)19(25)17-10-15(27-22-17)12-26-18-7-6-13(21)9-16(18)20/h6-7,9-10,14H,3-5,8,11-12H2,1-2H3/t14-/m0/s1. The molecule has 1 atom stereocenters. The molecule has 1 fully saturated rings. The predicted molar refractivity (Wildman–Crippen MR) is 99.5 cm³/mol. The molecular weight excluding hydrogens is 373 g/mol. The first-order valence-electron chi connectivity index (χ1n) is 8.93. The molecule has 0 bridgehead atoms. The number of carbonyl (C=O) groups excluding carboxylic acids is 1. The molecule has 0 radical (unpaired) electrons. The first kappa shape index (κ1) is 19.6. The Balaban J connectivity index is 1.56. The van der Waals surface area contributed by atoms with Crippen LogP contribution in [0.3, 0.4) is 0 Å². The van der Waals surface area contributed by atoms with Gasteiger partial charge in [-0.15, -0.1) is 0 Å². The third kappa shape index (κ3) is 4.99. The van der Waals surface area contributed by atoms with Crippen LogP contribution in [0.1, 0.15) is 35.5 Å². The number of amides is 1. The summed E-state index contributed by atoms with van der Waals surface area (Å²) >= 11 is 5.92. The molecule has 1 aromatic carbocycles. The van der Waals surface area contributed by atoms with Crippen LogP contribution in [-0.2, 0) is 6.61 Å². The van der Waals surface area contributed by atoms with E-state index in [0.717, 1.165) is 13.0 Å².